The molecule has 0 aliphatic carbocycles. The number of carbonyl (C=O) groups is 1. The average Bonchev–Trinajstić information content (AvgIpc) is 2.64. The minimum atomic E-state index is -0.339. The zero-order valence-corrected chi connectivity index (χ0v) is 14.1. The standard InChI is InChI=1S/C22H20FNO/c1-16-7-13-20(14-8-16)24-21(17-5-3-2-4-6-17)15-22(25)18-9-11-19(23)12-10-18/h2-14,21,24H,15H2,1H3/t21-/m0/s1. The summed E-state index contributed by atoms with van der Waals surface area (Å²) in [5, 5.41) is 3.44. The molecule has 3 aromatic carbocycles. The van der Waals surface area contributed by atoms with Crippen LogP contribution in [0.25, 0.3) is 0 Å². The monoisotopic (exact) mass is 333 g/mol. The number of aryl methyl sites for hydroxylation is 1. The predicted octanol–water partition coefficient (Wildman–Crippen LogP) is 5.56. The van der Waals surface area contributed by atoms with E-state index in [-0.39, 0.29) is 17.6 Å². The zero-order valence-electron chi connectivity index (χ0n) is 14.1. The van der Waals surface area contributed by atoms with E-state index in [9.17, 15) is 9.18 Å². The van der Waals surface area contributed by atoms with Gasteiger partial charge in [0.25, 0.3) is 0 Å². The van der Waals surface area contributed by atoms with Gasteiger partial charge in [-0.25, -0.2) is 4.39 Å². The minimum Gasteiger partial charge on any atom is -0.378 e. The molecule has 0 aromatic heterocycles. The quantitative estimate of drug-likeness (QED) is 0.598. The Morgan fingerprint density at radius 1 is 0.920 bits per heavy atom. The Balaban J connectivity index is 1.82. The number of Topliss-reactive ketones (excluding diaryl/α,β-unsaturated/α-hetero) is 1. The molecule has 3 heteroatoms. The third-order valence-corrected chi connectivity index (χ3v) is 4.15. The van der Waals surface area contributed by atoms with Crippen LogP contribution in [-0.4, -0.2) is 5.78 Å². The van der Waals surface area contributed by atoms with Crippen molar-refractivity contribution >= 4 is 11.5 Å². The average molecular weight is 333 g/mol. The molecule has 0 radical (unpaired) electrons. The van der Waals surface area contributed by atoms with Gasteiger partial charge in [0.05, 0.1) is 6.04 Å². The highest BCUT2D eigenvalue weighted by Gasteiger charge is 2.17. The summed E-state index contributed by atoms with van der Waals surface area (Å²) in [6.45, 7) is 2.04. The van der Waals surface area contributed by atoms with Crippen molar-refractivity contribution in [2.45, 2.75) is 19.4 Å². The summed E-state index contributed by atoms with van der Waals surface area (Å²) in [5.74, 6) is -0.359. The number of hydrogen-bond acceptors (Lipinski definition) is 2. The molecule has 0 bridgehead atoms. The number of ketones is 1. The van der Waals surface area contributed by atoms with Crippen LogP contribution in [0.15, 0.2) is 78.9 Å². The molecule has 0 spiro atoms. The number of nitrogens with one attached hydrogen (secondary N) is 1. The maximum atomic E-state index is 13.1. The van der Waals surface area contributed by atoms with Crippen molar-refractivity contribution in [1.82, 2.24) is 0 Å². The van der Waals surface area contributed by atoms with E-state index in [2.05, 4.69) is 5.32 Å². The van der Waals surface area contributed by atoms with Crippen LogP contribution in [0.3, 0.4) is 0 Å². The molecule has 0 fully saturated rings. The molecular weight excluding hydrogens is 313 g/mol. The van der Waals surface area contributed by atoms with E-state index in [4.69, 9.17) is 0 Å². The lowest BCUT2D eigenvalue weighted by atomic mass is 9.97. The lowest BCUT2D eigenvalue weighted by Gasteiger charge is -2.20. The summed E-state index contributed by atoms with van der Waals surface area (Å²) >= 11 is 0. The number of hydrogen-bond donors (Lipinski definition) is 1. The Hall–Kier alpha value is -2.94. The number of halogens is 1. The molecular formula is C22H20FNO. The van der Waals surface area contributed by atoms with Crippen molar-refractivity contribution in [3.05, 3.63) is 101 Å². The van der Waals surface area contributed by atoms with Crippen LogP contribution in [0.2, 0.25) is 0 Å². The van der Waals surface area contributed by atoms with Gasteiger partial charge in [-0.15, -0.1) is 0 Å². The van der Waals surface area contributed by atoms with Crippen LogP contribution in [-0.2, 0) is 0 Å². The first-order chi connectivity index (χ1) is 12.1. The molecule has 0 amide bonds. The van der Waals surface area contributed by atoms with Gasteiger partial charge >= 0.3 is 0 Å². The lowest BCUT2D eigenvalue weighted by molar-refractivity contribution is 0.0976. The number of benzene rings is 3. The Labute approximate surface area is 147 Å². The van der Waals surface area contributed by atoms with Crippen molar-refractivity contribution in [2.24, 2.45) is 0 Å². The van der Waals surface area contributed by atoms with Gasteiger partial charge in [-0.05, 0) is 48.9 Å². The highest BCUT2D eigenvalue weighted by Crippen LogP contribution is 2.24. The number of rotatable bonds is 6. The fraction of sp³-hybridized carbons (Fsp3) is 0.136. The van der Waals surface area contributed by atoms with Gasteiger partial charge in [-0.1, -0.05) is 48.0 Å². The van der Waals surface area contributed by atoms with E-state index >= 15 is 0 Å². The normalized spacial score (nSPS) is 11.8. The van der Waals surface area contributed by atoms with Crippen molar-refractivity contribution in [3.8, 4) is 0 Å². The third-order valence-electron chi connectivity index (χ3n) is 4.15. The molecule has 2 nitrogen and oxygen atoms in total. The molecule has 126 valence electrons. The van der Waals surface area contributed by atoms with E-state index in [0.29, 0.717) is 12.0 Å². The fourth-order valence-electron chi connectivity index (χ4n) is 2.73. The first-order valence-corrected chi connectivity index (χ1v) is 8.29. The molecule has 3 aromatic rings. The van der Waals surface area contributed by atoms with E-state index in [1.165, 1.54) is 29.8 Å². The summed E-state index contributed by atoms with van der Waals surface area (Å²) < 4.78 is 13.1. The highest BCUT2D eigenvalue weighted by atomic mass is 19.1. The molecule has 0 unspecified atom stereocenters. The first-order valence-electron chi connectivity index (χ1n) is 8.29. The third kappa shape index (κ3) is 4.54. The van der Waals surface area contributed by atoms with Gasteiger partial charge in [0.1, 0.15) is 5.82 Å². The minimum absolute atomic E-state index is 0.0199. The van der Waals surface area contributed by atoms with Crippen LogP contribution in [0.1, 0.15) is 33.9 Å². The van der Waals surface area contributed by atoms with Crippen molar-refractivity contribution in [3.63, 3.8) is 0 Å². The fourth-order valence-corrected chi connectivity index (χ4v) is 2.73. The van der Waals surface area contributed by atoms with Crippen molar-refractivity contribution in [2.75, 3.05) is 5.32 Å². The van der Waals surface area contributed by atoms with Gasteiger partial charge in [-0.2, -0.15) is 0 Å². The summed E-state index contributed by atoms with van der Waals surface area (Å²) in [6, 6.07) is 23.5. The van der Waals surface area contributed by atoms with Crippen molar-refractivity contribution in [1.29, 1.82) is 0 Å². The summed E-state index contributed by atoms with van der Waals surface area (Å²) in [4.78, 5) is 12.6. The molecule has 3 rings (SSSR count). The zero-order chi connectivity index (χ0) is 17.6. The maximum Gasteiger partial charge on any atom is 0.165 e. The maximum absolute atomic E-state index is 13.1. The summed E-state index contributed by atoms with van der Waals surface area (Å²) in [5.41, 5.74) is 3.71. The molecule has 0 saturated heterocycles. The molecule has 25 heavy (non-hydrogen) atoms. The second-order valence-corrected chi connectivity index (χ2v) is 6.11. The van der Waals surface area contributed by atoms with Crippen LogP contribution < -0.4 is 5.32 Å². The Bertz CT molecular complexity index is 826. The van der Waals surface area contributed by atoms with E-state index in [1.807, 2.05) is 61.5 Å². The smallest absolute Gasteiger partial charge is 0.165 e. The lowest BCUT2D eigenvalue weighted by Crippen LogP contribution is -2.15. The topological polar surface area (TPSA) is 29.1 Å². The first kappa shape index (κ1) is 16.9. The molecule has 0 aliphatic rings. The SMILES string of the molecule is Cc1ccc(N[C@@H](CC(=O)c2ccc(F)cc2)c2ccccc2)cc1. The number of anilines is 1. The van der Waals surface area contributed by atoms with Crippen LogP contribution in [0.4, 0.5) is 10.1 Å². The Morgan fingerprint density at radius 2 is 1.56 bits per heavy atom. The molecule has 0 saturated carbocycles. The van der Waals surface area contributed by atoms with Gasteiger partial charge < -0.3 is 5.32 Å². The largest absolute Gasteiger partial charge is 0.378 e. The van der Waals surface area contributed by atoms with E-state index in [1.54, 1.807) is 0 Å². The summed E-state index contributed by atoms with van der Waals surface area (Å²) in [6.07, 6.45) is 0.295. The van der Waals surface area contributed by atoms with Gasteiger partial charge in [0.15, 0.2) is 5.78 Å². The van der Waals surface area contributed by atoms with Crippen LogP contribution in [0.5, 0.6) is 0 Å². The molecule has 1 N–H and O–H groups in total. The van der Waals surface area contributed by atoms with Crippen molar-refractivity contribution < 1.29 is 9.18 Å². The second kappa shape index (κ2) is 7.75. The van der Waals surface area contributed by atoms with Crippen LogP contribution in [0, 0.1) is 12.7 Å². The molecule has 1 atom stereocenters. The number of carbonyl (C=O) groups excluding carboxylic acids is 1. The Morgan fingerprint density at radius 3 is 2.20 bits per heavy atom. The predicted molar refractivity (Wildman–Crippen MR) is 99.3 cm³/mol. The van der Waals surface area contributed by atoms with Crippen LogP contribution >= 0.6 is 0 Å². The summed E-state index contributed by atoms with van der Waals surface area (Å²) in [7, 11) is 0. The Kier molecular flexibility index (Phi) is 5.24. The molecule has 0 aliphatic heterocycles. The highest BCUT2D eigenvalue weighted by molar-refractivity contribution is 5.96. The van der Waals surface area contributed by atoms with Gasteiger partial charge in [0.2, 0.25) is 0 Å². The second-order valence-electron chi connectivity index (χ2n) is 6.11. The van der Waals surface area contributed by atoms with E-state index in [0.717, 1.165) is 11.3 Å². The van der Waals surface area contributed by atoms with Gasteiger partial charge in [0, 0.05) is 17.7 Å². The van der Waals surface area contributed by atoms with E-state index < -0.39 is 0 Å². The van der Waals surface area contributed by atoms with Gasteiger partial charge in [-0.3, -0.25) is 4.79 Å². The molecule has 0 heterocycles.